The fourth-order valence-electron chi connectivity index (χ4n) is 7.81. The quantitative estimate of drug-likeness (QED) is 0.213. The van der Waals surface area contributed by atoms with E-state index < -0.39 is 0 Å². The van der Waals surface area contributed by atoms with Gasteiger partial charge in [-0.2, -0.15) is 0 Å². The lowest BCUT2D eigenvalue weighted by Gasteiger charge is -2.39. The summed E-state index contributed by atoms with van der Waals surface area (Å²) in [5, 5.41) is 2.68. The number of rotatable bonds is 1. The molecule has 2 heteroatoms. The maximum atomic E-state index is 2.68. The highest BCUT2D eigenvalue weighted by Gasteiger charge is 2.43. The van der Waals surface area contributed by atoms with E-state index in [0.29, 0.717) is 0 Å². The molecule has 2 heterocycles. The molecule has 2 aliphatic rings. The van der Waals surface area contributed by atoms with Gasteiger partial charge in [0.25, 0.3) is 0 Å². The first-order valence-electron chi connectivity index (χ1n) is 13.8. The molecule has 38 heavy (non-hydrogen) atoms. The van der Waals surface area contributed by atoms with Gasteiger partial charge in [0, 0.05) is 32.6 Å². The van der Waals surface area contributed by atoms with E-state index in [1.165, 1.54) is 66.1 Å². The molecule has 0 saturated heterocycles. The van der Waals surface area contributed by atoms with E-state index in [-0.39, 0.29) is 17.7 Å². The van der Waals surface area contributed by atoms with Gasteiger partial charge < -0.3 is 4.48 Å². The third kappa shape index (κ3) is 2.58. The van der Waals surface area contributed by atoms with Crippen molar-refractivity contribution in [1.82, 2.24) is 4.48 Å². The van der Waals surface area contributed by atoms with E-state index >= 15 is 0 Å². The molecule has 0 saturated carbocycles. The normalized spacial score (nSPS) is 16.3. The first kappa shape index (κ1) is 22.0. The zero-order valence-corrected chi connectivity index (χ0v) is 22.4. The lowest BCUT2D eigenvalue weighted by molar-refractivity contribution is 0.645. The zero-order chi connectivity index (χ0) is 25.8. The van der Waals surface area contributed by atoms with Crippen LogP contribution in [0.2, 0.25) is 0 Å². The maximum absolute atomic E-state index is 2.68. The third-order valence-corrected chi connectivity index (χ3v) is 9.50. The Morgan fingerprint density at radius 1 is 0.500 bits per heavy atom. The maximum Gasteiger partial charge on any atom is 0.328 e. The minimum Gasteiger partial charge on any atom is -0.376 e. The molecule has 1 aromatic heterocycles. The number of aromatic nitrogens is 1. The average Bonchev–Trinajstić information content (AvgIpc) is 3.38. The van der Waals surface area contributed by atoms with Gasteiger partial charge >= 0.3 is 6.85 Å². The smallest absolute Gasteiger partial charge is 0.328 e. The molecule has 6 aromatic rings. The van der Waals surface area contributed by atoms with Gasteiger partial charge in [-0.25, -0.2) is 0 Å². The molecule has 1 aliphatic heterocycles. The van der Waals surface area contributed by atoms with Crippen LogP contribution in [-0.2, 0) is 10.8 Å². The summed E-state index contributed by atoms with van der Waals surface area (Å²) in [6.07, 6.45) is 0. The van der Waals surface area contributed by atoms with Crippen LogP contribution in [0.4, 0.5) is 0 Å². The lowest BCUT2D eigenvalue weighted by atomic mass is 9.41. The van der Waals surface area contributed by atoms with E-state index in [0.717, 1.165) is 0 Å². The van der Waals surface area contributed by atoms with Gasteiger partial charge in [0.1, 0.15) is 0 Å². The summed E-state index contributed by atoms with van der Waals surface area (Å²) in [6.45, 7) is 9.67. The second kappa shape index (κ2) is 7.29. The number of benzene rings is 5. The summed E-state index contributed by atoms with van der Waals surface area (Å²) in [6, 6.07) is 41.0. The van der Waals surface area contributed by atoms with Gasteiger partial charge in [-0.3, -0.25) is 0 Å². The molecule has 0 radical (unpaired) electrons. The molecule has 0 unspecified atom stereocenters. The van der Waals surface area contributed by atoms with Crippen LogP contribution < -0.4 is 10.9 Å². The van der Waals surface area contributed by atoms with Crippen LogP contribution in [0.25, 0.3) is 32.9 Å². The molecule has 5 aromatic carbocycles. The summed E-state index contributed by atoms with van der Waals surface area (Å²) in [5.41, 5.74) is 13.8. The number of hydrogen-bond acceptors (Lipinski definition) is 0. The highest BCUT2D eigenvalue weighted by molar-refractivity contribution is 6.86. The predicted octanol–water partition coefficient (Wildman–Crippen LogP) is 7.39. The summed E-state index contributed by atoms with van der Waals surface area (Å²) in [5.74, 6) is 0. The topological polar surface area (TPSA) is 4.93 Å². The van der Waals surface area contributed by atoms with Crippen molar-refractivity contribution in [2.45, 2.75) is 38.5 Å². The minimum atomic E-state index is -0.0927. The van der Waals surface area contributed by atoms with Crippen molar-refractivity contribution in [2.24, 2.45) is 0 Å². The molecule has 0 spiro atoms. The zero-order valence-electron chi connectivity index (χ0n) is 22.4. The van der Waals surface area contributed by atoms with Crippen LogP contribution in [0.3, 0.4) is 0 Å². The summed E-state index contributed by atoms with van der Waals surface area (Å²) in [4.78, 5) is 0. The van der Waals surface area contributed by atoms with Crippen molar-refractivity contribution < 1.29 is 0 Å². The van der Waals surface area contributed by atoms with Crippen molar-refractivity contribution in [1.29, 1.82) is 0 Å². The number of fused-ring (bicyclic) bond motifs is 9. The SMILES string of the molecule is CC1(C)c2ccccc2B(n2c3ccccc3c3ccc4c(c32)C(C)(C)c2ccccc2-4)c2ccccc21. The molecule has 8 rings (SSSR count). The Bertz CT molecular complexity index is 1890. The van der Waals surface area contributed by atoms with E-state index in [9.17, 15) is 0 Å². The van der Waals surface area contributed by atoms with Crippen molar-refractivity contribution in [3.8, 4) is 11.1 Å². The Kier molecular flexibility index (Phi) is 4.22. The summed E-state index contributed by atoms with van der Waals surface area (Å²) >= 11 is 0. The Morgan fingerprint density at radius 3 is 1.79 bits per heavy atom. The number of para-hydroxylation sites is 1. The molecular formula is C36H30BN. The largest absolute Gasteiger partial charge is 0.376 e. The molecular weight excluding hydrogens is 457 g/mol. The first-order chi connectivity index (χ1) is 18.4. The van der Waals surface area contributed by atoms with Gasteiger partial charge in [0.15, 0.2) is 0 Å². The van der Waals surface area contributed by atoms with Crippen LogP contribution in [0.15, 0.2) is 109 Å². The summed E-state index contributed by atoms with van der Waals surface area (Å²) < 4.78 is 2.68. The number of nitrogens with zero attached hydrogens (tertiary/aromatic N) is 1. The van der Waals surface area contributed by atoms with Crippen molar-refractivity contribution >= 4 is 39.6 Å². The van der Waals surface area contributed by atoms with Gasteiger partial charge in [0.05, 0.1) is 0 Å². The van der Waals surface area contributed by atoms with Crippen LogP contribution in [0.1, 0.15) is 49.9 Å². The lowest BCUT2D eigenvalue weighted by Crippen LogP contribution is -2.58. The average molecular weight is 487 g/mol. The highest BCUT2D eigenvalue weighted by Crippen LogP contribution is 2.52. The summed E-state index contributed by atoms with van der Waals surface area (Å²) in [7, 11) is 0. The van der Waals surface area contributed by atoms with E-state index in [4.69, 9.17) is 0 Å². The molecule has 0 fully saturated rings. The molecule has 0 amide bonds. The molecule has 182 valence electrons. The van der Waals surface area contributed by atoms with Crippen molar-refractivity contribution in [3.63, 3.8) is 0 Å². The second-order valence-electron chi connectivity index (χ2n) is 12.1. The molecule has 0 N–H and O–H groups in total. The number of hydrogen-bond donors (Lipinski definition) is 0. The Labute approximate surface area is 224 Å². The van der Waals surface area contributed by atoms with Gasteiger partial charge in [-0.1, -0.05) is 131 Å². The fourth-order valence-corrected chi connectivity index (χ4v) is 7.81. The first-order valence-corrected chi connectivity index (χ1v) is 13.8. The van der Waals surface area contributed by atoms with Crippen LogP contribution in [-0.4, -0.2) is 11.3 Å². The van der Waals surface area contributed by atoms with Gasteiger partial charge in [-0.15, -0.1) is 0 Å². The van der Waals surface area contributed by atoms with Crippen molar-refractivity contribution in [3.05, 3.63) is 131 Å². The monoisotopic (exact) mass is 487 g/mol. The Hall–Kier alpha value is -4.04. The Morgan fingerprint density at radius 2 is 1.08 bits per heavy atom. The molecule has 1 nitrogen and oxygen atoms in total. The van der Waals surface area contributed by atoms with Gasteiger partial charge in [0.2, 0.25) is 0 Å². The van der Waals surface area contributed by atoms with Crippen molar-refractivity contribution in [2.75, 3.05) is 0 Å². The highest BCUT2D eigenvalue weighted by atomic mass is 14.9. The van der Waals surface area contributed by atoms with E-state index in [1.54, 1.807) is 0 Å². The molecule has 0 atom stereocenters. The molecule has 0 bridgehead atoms. The van der Waals surface area contributed by atoms with E-state index in [1.807, 2.05) is 0 Å². The van der Waals surface area contributed by atoms with Gasteiger partial charge in [-0.05, 0) is 50.4 Å². The fraction of sp³-hybridized carbons (Fsp3) is 0.167. The van der Waals surface area contributed by atoms with Crippen LogP contribution >= 0.6 is 0 Å². The van der Waals surface area contributed by atoms with Crippen LogP contribution in [0, 0.1) is 0 Å². The predicted molar refractivity (Wildman–Crippen MR) is 162 cm³/mol. The molecule has 1 aliphatic carbocycles. The van der Waals surface area contributed by atoms with E-state index in [2.05, 4.69) is 141 Å². The standard InChI is InChI=1S/C36H30BN/c1-35(2)28-16-8-10-18-30(28)37(31-19-11-9-17-29(31)35)38-32-20-12-6-14-24(32)26-22-21-25-23-13-5-7-15-27(23)36(3,4)33(25)34(26)38/h5-22H,1-4H3. The van der Waals surface area contributed by atoms with Crippen LogP contribution in [0.5, 0.6) is 0 Å². The Balaban J connectivity index is 1.58. The third-order valence-electron chi connectivity index (χ3n) is 9.50. The second-order valence-corrected chi connectivity index (χ2v) is 12.1. The minimum absolute atomic E-state index is 0.0557.